The average molecular weight is 267 g/mol. The van der Waals surface area contributed by atoms with Crippen LogP contribution in [0, 0.1) is 5.41 Å². The molecule has 0 bridgehead atoms. The number of rotatable bonds is 6. The lowest BCUT2D eigenvalue weighted by atomic mass is 9.64. The van der Waals surface area contributed by atoms with Gasteiger partial charge in [-0.2, -0.15) is 5.10 Å². The van der Waals surface area contributed by atoms with Gasteiger partial charge in [-0.15, -0.1) is 0 Å². The summed E-state index contributed by atoms with van der Waals surface area (Å²) in [5.74, 6) is 0. The predicted molar refractivity (Wildman–Crippen MR) is 73.8 cm³/mol. The van der Waals surface area contributed by atoms with E-state index < -0.39 is 0 Å². The summed E-state index contributed by atoms with van der Waals surface area (Å²) in [5.41, 5.74) is 1.13. The van der Waals surface area contributed by atoms with Gasteiger partial charge in [0.05, 0.1) is 24.9 Å². The van der Waals surface area contributed by atoms with Crippen LogP contribution in [0.1, 0.15) is 38.8 Å². The zero-order chi connectivity index (χ0) is 14.0. The zero-order valence-electron chi connectivity index (χ0n) is 12.3. The highest BCUT2D eigenvalue weighted by atomic mass is 16.5. The third kappa shape index (κ3) is 2.83. The van der Waals surface area contributed by atoms with Gasteiger partial charge in [-0.05, 0) is 13.3 Å². The van der Waals surface area contributed by atoms with Crippen molar-refractivity contribution in [2.24, 2.45) is 12.5 Å². The van der Waals surface area contributed by atoms with Crippen LogP contribution in [-0.4, -0.2) is 40.2 Å². The summed E-state index contributed by atoms with van der Waals surface area (Å²) in [6.45, 7) is 7.30. The number of aliphatic hydroxyl groups excluding tert-OH is 1. The molecule has 1 aromatic rings. The number of aromatic nitrogens is 2. The molecule has 1 aromatic heterocycles. The largest absolute Gasteiger partial charge is 0.394 e. The summed E-state index contributed by atoms with van der Waals surface area (Å²) in [6.07, 6.45) is 5.06. The molecule has 2 N–H and O–H groups in total. The number of ether oxygens (including phenoxy) is 1. The van der Waals surface area contributed by atoms with Crippen LogP contribution in [0.2, 0.25) is 0 Å². The van der Waals surface area contributed by atoms with Gasteiger partial charge in [0.1, 0.15) is 0 Å². The van der Waals surface area contributed by atoms with E-state index in [1.807, 2.05) is 20.2 Å². The van der Waals surface area contributed by atoms with Gasteiger partial charge in [-0.1, -0.05) is 13.8 Å². The molecule has 3 atom stereocenters. The minimum absolute atomic E-state index is 0.0550. The van der Waals surface area contributed by atoms with E-state index in [0.717, 1.165) is 18.6 Å². The van der Waals surface area contributed by atoms with Crippen molar-refractivity contribution in [1.82, 2.24) is 15.1 Å². The van der Waals surface area contributed by atoms with Crippen molar-refractivity contribution in [3.05, 3.63) is 18.0 Å². The number of nitrogens with one attached hydrogen (secondary N) is 1. The molecule has 5 heteroatoms. The van der Waals surface area contributed by atoms with Crippen LogP contribution in [0.3, 0.4) is 0 Å². The Labute approximate surface area is 115 Å². The van der Waals surface area contributed by atoms with E-state index in [1.54, 1.807) is 10.9 Å². The molecule has 0 aliphatic heterocycles. The van der Waals surface area contributed by atoms with Crippen LogP contribution in [0.25, 0.3) is 0 Å². The van der Waals surface area contributed by atoms with Gasteiger partial charge in [-0.3, -0.25) is 4.68 Å². The molecular weight excluding hydrogens is 242 g/mol. The number of aliphatic hydroxyl groups is 1. The normalized spacial score (nSPS) is 27.0. The van der Waals surface area contributed by atoms with Crippen LogP contribution in [0.4, 0.5) is 0 Å². The minimum atomic E-state index is -0.0550. The van der Waals surface area contributed by atoms with Crippen LogP contribution < -0.4 is 5.32 Å². The molecule has 1 aliphatic carbocycles. The van der Waals surface area contributed by atoms with Gasteiger partial charge < -0.3 is 15.2 Å². The molecule has 1 saturated carbocycles. The monoisotopic (exact) mass is 267 g/mol. The molecule has 0 saturated heterocycles. The van der Waals surface area contributed by atoms with Crippen molar-refractivity contribution < 1.29 is 9.84 Å². The number of hydrogen-bond acceptors (Lipinski definition) is 4. The summed E-state index contributed by atoms with van der Waals surface area (Å²) in [7, 11) is 1.89. The molecule has 0 aromatic carbocycles. The van der Waals surface area contributed by atoms with Crippen molar-refractivity contribution >= 4 is 0 Å². The summed E-state index contributed by atoms with van der Waals surface area (Å²) < 4.78 is 7.49. The van der Waals surface area contributed by atoms with E-state index in [4.69, 9.17) is 4.74 Å². The van der Waals surface area contributed by atoms with Gasteiger partial charge in [0.2, 0.25) is 0 Å². The van der Waals surface area contributed by atoms with E-state index in [9.17, 15) is 5.11 Å². The fraction of sp³-hybridized carbons (Fsp3) is 0.786. The molecule has 19 heavy (non-hydrogen) atoms. The topological polar surface area (TPSA) is 59.3 Å². The second-order valence-corrected chi connectivity index (χ2v) is 5.90. The molecule has 1 fully saturated rings. The molecule has 2 rings (SSSR count). The van der Waals surface area contributed by atoms with E-state index in [-0.39, 0.29) is 18.1 Å². The standard InChI is InChI=1S/C14H25N3O2/c1-5-19-13-6-12(14(13,2)3)16-11(9-18)10-7-15-17(4)8-10/h7-8,11-13,16,18H,5-6,9H2,1-4H3/t11-,12-,13-/m1/s1. The lowest BCUT2D eigenvalue weighted by Gasteiger charge is -2.52. The van der Waals surface area contributed by atoms with E-state index in [2.05, 4.69) is 24.3 Å². The maximum atomic E-state index is 9.57. The average Bonchev–Trinajstić information content (AvgIpc) is 2.79. The van der Waals surface area contributed by atoms with Crippen molar-refractivity contribution in [3.8, 4) is 0 Å². The van der Waals surface area contributed by atoms with E-state index in [0.29, 0.717) is 12.1 Å². The summed E-state index contributed by atoms with van der Waals surface area (Å²) in [5, 5.41) is 17.3. The highest BCUT2D eigenvalue weighted by Gasteiger charge is 2.49. The molecule has 0 unspecified atom stereocenters. The molecule has 1 aliphatic rings. The quantitative estimate of drug-likeness (QED) is 0.814. The van der Waals surface area contributed by atoms with Gasteiger partial charge in [0.15, 0.2) is 0 Å². The highest BCUT2D eigenvalue weighted by Crippen LogP contribution is 2.43. The van der Waals surface area contributed by atoms with Crippen molar-refractivity contribution in [2.45, 2.75) is 45.4 Å². The first-order chi connectivity index (χ1) is 8.98. The second kappa shape index (κ2) is 5.61. The molecule has 0 amide bonds. The Morgan fingerprint density at radius 2 is 2.37 bits per heavy atom. The van der Waals surface area contributed by atoms with E-state index in [1.165, 1.54) is 0 Å². The molecule has 0 spiro atoms. The molecule has 0 radical (unpaired) electrons. The Balaban J connectivity index is 1.97. The fourth-order valence-electron chi connectivity index (χ4n) is 2.77. The molecular formula is C14H25N3O2. The third-order valence-electron chi connectivity index (χ3n) is 4.26. The Morgan fingerprint density at radius 3 is 2.84 bits per heavy atom. The van der Waals surface area contributed by atoms with Gasteiger partial charge >= 0.3 is 0 Å². The van der Waals surface area contributed by atoms with Gasteiger partial charge in [-0.25, -0.2) is 0 Å². The third-order valence-corrected chi connectivity index (χ3v) is 4.26. The van der Waals surface area contributed by atoms with Crippen LogP contribution in [0.15, 0.2) is 12.4 Å². The van der Waals surface area contributed by atoms with Gasteiger partial charge in [0, 0.05) is 36.9 Å². The number of hydrogen-bond donors (Lipinski definition) is 2. The molecule has 5 nitrogen and oxygen atoms in total. The first kappa shape index (κ1) is 14.5. The van der Waals surface area contributed by atoms with Crippen LogP contribution in [-0.2, 0) is 11.8 Å². The predicted octanol–water partition coefficient (Wildman–Crippen LogP) is 1.25. The summed E-state index contributed by atoms with van der Waals surface area (Å²) >= 11 is 0. The maximum absolute atomic E-state index is 9.57. The van der Waals surface area contributed by atoms with Crippen molar-refractivity contribution in [3.63, 3.8) is 0 Å². The Bertz CT molecular complexity index is 417. The summed E-state index contributed by atoms with van der Waals surface area (Å²) in [6, 6.07) is 0.307. The lowest BCUT2D eigenvalue weighted by Crippen LogP contribution is -2.61. The first-order valence-electron chi connectivity index (χ1n) is 6.96. The maximum Gasteiger partial charge on any atom is 0.0655 e. The van der Waals surface area contributed by atoms with Crippen molar-refractivity contribution in [2.75, 3.05) is 13.2 Å². The lowest BCUT2D eigenvalue weighted by molar-refractivity contribution is -0.117. The van der Waals surface area contributed by atoms with E-state index >= 15 is 0 Å². The smallest absolute Gasteiger partial charge is 0.0655 e. The van der Waals surface area contributed by atoms with Crippen LogP contribution in [0.5, 0.6) is 0 Å². The fourth-order valence-corrected chi connectivity index (χ4v) is 2.77. The first-order valence-corrected chi connectivity index (χ1v) is 6.96. The number of nitrogens with zero attached hydrogens (tertiary/aromatic N) is 2. The Kier molecular flexibility index (Phi) is 4.28. The minimum Gasteiger partial charge on any atom is -0.394 e. The van der Waals surface area contributed by atoms with Crippen LogP contribution >= 0.6 is 0 Å². The Hall–Kier alpha value is -0.910. The molecule has 1 heterocycles. The number of aryl methyl sites for hydroxylation is 1. The second-order valence-electron chi connectivity index (χ2n) is 5.90. The van der Waals surface area contributed by atoms with Crippen molar-refractivity contribution in [1.29, 1.82) is 0 Å². The molecule has 108 valence electrons. The highest BCUT2D eigenvalue weighted by molar-refractivity contribution is 5.13. The Morgan fingerprint density at radius 1 is 1.63 bits per heavy atom. The summed E-state index contributed by atoms with van der Waals surface area (Å²) in [4.78, 5) is 0. The van der Waals surface area contributed by atoms with Gasteiger partial charge in [0.25, 0.3) is 0 Å². The SMILES string of the molecule is CCO[C@@H]1C[C@@H](N[C@H](CO)c2cnn(C)c2)C1(C)C. The zero-order valence-corrected chi connectivity index (χ0v) is 12.3.